The monoisotopic (exact) mass is 292 g/mol. The van der Waals surface area contributed by atoms with E-state index in [-0.39, 0.29) is 18.6 Å². The molecule has 1 aliphatic rings. The summed E-state index contributed by atoms with van der Waals surface area (Å²) in [5.74, 6) is 0.451. The Labute approximate surface area is 129 Å². The first-order chi connectivity index (χ1) is 10.8. The molecule has 0 saturated carbocycles. The molecule has 110 valence electrons. The number of hydrogen-bond donors (Lipinski definition) is 1. The number of carbonyl (C=O) groups is 1. The fourth-order valence-corrected chi connectivity index (χ4v) is 2.72. The van der Waals surface area contributed by atoms with Gasteiger partial charge in [0.25, 0.3) is 5.91 Å². The van der Waals surface area contributed by atoms with Crippen LogP contribution in [0.4, 0.5) is 0 Å². The first kappa shape index (κ1) is 14.2. The Kier molecular flexibility index (Phi) is 4.06. The number of aryl methyl sites for hydroxylation is 1. The normalized spacial score (nSPS) is 15.7. The Morgan fingerprint density at radius 3 is 2.77 bits per heavy atom. The van der Waals surface area contributed by atoms with Crippen LogP contribution in [0.15, 0.2) is 48.5 Å². The average molecular weight is 292 g/mol. The van der Waals surface area contributed by atoms with Gasteiger partial charge in [-0.2, -0.15) is 5.26 Å². The van der Waals surface area contributed by atoms with E-state index in [1.165, 1.54) is 11.1 Å². The van der Waals surface area contributed by atoms with Gasteiger partial charge in [-0.15, -0.1) is 0 Å². The van der Waals surface area contributed by atoms with Gasteiger partial charge in [-0.05, 0) is 48.2 Å². The number of hydrogen-bond acceptors (Lipinski definition) is 3. The third-order valence-electron chi connectivity index (χ3n) is 3.82. The lowest BCUT2D eigenvalue weighted by molar-refractivity contribution is -0.123. The van der Waals surface area contributed by atoms with Gasteiger partial charge in [-0.1, -0.05) is 24.3 Å². The van der Waals surface area contributed by atoms with Crippen LogP contribution in [0, 0.1) is 11.3 Å². The van der Waals surface area contributed by atoms with Gasteiger partial charge in [0.1, 0.15) is 5.75 Å². The molecule has 2 aromatic rings. The minimum absolute atomic E-state index is 0.0232. The zero-order valence-electron chi connectivity index (χ0n) is 12.1. The summed E-state index contributed by atoms with van der Waals surface area (Å²) in [6.45, 7) is -0.0232. The topological polar surface area (TPSA) is 62.1 Å². The van der Waals surface area contributed by atoms with E-state index in [4.69, 9.17) is 10.00 Å². The highest BCUT2D eigenvalue weighted by molar-refractivity contribution is 5.78. The second-order valence-electron chi connectivity index (χ2n) is 5.28. The maximum absolute atomic E-state index is 12.0. The molecule has 4 heteroatoms. The SMILES string of the molecule is N#Cc1ccc(OCC(=O)NC2CCc3ccccc32)cc1. The third kappa shape index (κ3) is 3.09. The van der Waals surface area contributed by atoms with Crippen LogP contribution in [-0.4, -0.2) is 12.5 Å². The standard InChI is InChI=1S/C18H16N2O2/c19-11-13-5-8-15(9-6-13)22-12-18(21)20-17-10-7-14-3-1-2-4-16(14)17/h1-6,8-9,17H,7,10,12H2,(H,20,21). The van der Waals surface area contributed by atoms with Crippen LogP contribution in [0.5, 0.6) is 5.75 Å². The molecule has 1 atom stereocenters. The van der Waals surface area contributed by atoms with E-state index in [0.29, 0.717) is 11.3 Å². The Bertz CT molecular complexity index is 717. The van der Waals surface area contributed by atoms with Crippen molar-refractivity contribution in [3.63, 3.8) is 0 Å². The molecule has 1 unspecified atom stereocenters. The third-order valence-corrected chi connectivity index (χ3v) is 3.82. The number of carbonyl (C=O) groups excluding carboxylic acids is 1. The summed E-state index contributed by atoms with van der Waals surface area (Å²) in [6, 6.07) is 17.0. The van der Waals surface area contributed by atoms with Gasteiger partial charge in [0, 0.05) is 0 Å². The predicted molar refractivity (Wildman–Crippen MR) is 82.3 cm³/mol. The summed E-state index contributed by atoms with van der Waals surface area (Å²) in [6.07, 6.45) is 1.93. The number of nitrogens with zero attached hydrogens (tertiary/aromatic N) is 1. The zero-order chi connectivity index (χ0) is 15.4. The molecule has 22 heavy (non-hydrogen) atoms. The molecule has 0 aliphatic heterocycles. The van der Waals surface area contributed by atoms with E-state index in [0.717, 1.165) is 12.8 Å². The lowest BCUT2D eigenvalue weighted by Gasteiger charge is -2.14. The van der Waals surface area contributed by atoms with Crippen molar-refractivity contribution in [1.82, 2.24) is 5.32 Å². The smallest absolute Gasteiger partial charge is 0.258 e. The van der Waals surface area contributed by atoms with Gasteiger partial charge in [0.2, 0.25) is 0 Å². The Morgan fingerprint density at radius 1 is 1.23 bits per heavy atom. The van der Waals surface area contributed by atoms with E-state index >= 15 is 0 Å². The van der Waals surface area contributed by atoms with Crippen LogP contribution >= 0.6 is 0 Å². The summed E-state index contributed by atoms with van der Waals surface area (Å²) in [5, 5.41) is 11.7. The van der Waals surface area contributed by atoms with Crippen LogP contribution in [0.1, 0.15) is 29.2 Å². The summed E-state index contributed by atoms with van der Waals surface area (Å²) < 4.78 is 5.44. The Morgan fingerprint density at radius 2 is 2.00 bits per heavy atom. The number of nitriles is 1. The van der Waals surface area contributed by atoms with Gasteiger partial charge in [-0.3, -0.25) is 4.79 Å². The number of amides is 1. The summed E-state index contributed by atoms with van der Waals surface area (Å²) in [4.78, 5) is 12.0. The second kappa shape index (κ2) is 6.31. The summed E-state index contributed by atoms with van der Waals surface area (Å²) >= 11 is 0. The molecule has 0 bridgehead atoms. The molecule has 3 rings (SSSR count). The van der Waals surface area contributed by atoms with E-state index in [9.17, 15) is 4.79 Å². The number of rotatable bonds is 4. The van der Waals surface area contributed by atoms with E-state index in [1.54, 1.807) is 24.3 Å². The van der Waals surface area contributed by atoms with Gasteiger partial charge in [0.05, 0.1) is 17.7 Å². The Balaban J connectivity index is 1.54. The van der Waals surface area contributed by atoms with Crippen molar-refractivity contribution in [2.75, 3.05) is 6.61 Å². The first-order valence-electron chi connectivity index (χ1n) is 7.26. The number of benzene rings is 2. The predicted octanol–water partition coefficient (Wildman–Crippen LogP) is 2.74. The van der Waals surface area contributed by atoms with Crippen molar-refractivity contribution < 1.29 is 9.53 Å². The van der Waals surface area contributed by atoms with Crippen molar-refractivity contribution in [3.05, 3.63) is 65.2 Å². The fourth-order valence-electron chi connectivity index (χ4n) is 2.72. The maximum atomic E-state index is 12.0. The largest absolute Gasteiger partial charge is 0.484 e. The average Bonchev–Trinajstić information content (AvgIpc) is 2.97. The molecular formula is C18H16N2O2. The van der Waals surface area contributed by atoms with E-state index in [1.807, 2.05) is 18.2 Å². The van der Waals surface area contributed by atoms with Crippen molar-refractivity contribution in [2.24, 2.45) is 0 Å². The number of nitrogens with one attached hydrogen (secondary N) is 1. The summed E-state index contributed by atoms with van der Waals surface area (Å²) in [7, 11) is 0. The first-order valence-corrected chi connectivity index (χ1v) is 7.26. The van der Waals surface area contributed by atoms with Crippen LogP contribution in [0.2, 0.25) is 0 Å². The number of fused-ring (bicyclic) bond motifs is 1. The minimum atomic E-state index is -0.133. The highest BCUT2D eigenvalue weighted by Gasteiger charge is 2.23. The van der Waals surface area contributed by atoms with Crippen molar-refractivity contribution in [1.29, 1.82) is 5.26 Å². The van der Waals surface area contributed by atoms with E-state index < -0.39 is 0 Å². The van der Waals surface area contributed by atoms with Gasteiger partial charge in [-0.25, -0.2) is 0 Å². The van der Waals surface area contributed by atoms with Crippen LogP contribution < -0.4 is 10.1 Å². The lowest BCUT2D eigenvalue weighted by atomic mass is 10.1. The molecule has 0 aromatic heterocycles. The maximum Gasteiger partial charge on any atom is 0.258 e. The number of ether oxygens (including phenoxy) is 1. The molecule has 0 heterocycles. The highest BCUT2D eigenvalue weighted by Crippen LogP contribution is 2.30. The van der Waals surface area contributed by atoms with Gasteiger partial charge in [0.15, 0.2) is 6.61 Å². The minimum Gasteiger partial charge on any atom is -0.484 e. The lowest BCUT2D eigenvalue weighted by Crippen LogP contribution is -2.31. The van der Waals surface area contributed by atoms with Gasteiger partial charge < -0.3 is 10.1 Å². The molecular weight excluding hydrogens is 276 g/mol. The molecule has 1 N–H and O–H groups in total. The second-order valence-corrected chi connectivity index (χ2v) is 5.28. The summed E-state index contributed by atoms with van der Waals surface area (Å²) in [5.41, 5.74) is 3.08. The van der Waals surface area contributed by atoms with Gasteiger partial charge >= 0.3 is 0 Å². The van der Waals surface area contributed by atoms with Crippen LogP contribution in [0.25, 0.3) is 0 Å². The molecule has 0 fully saturated rings. The molecule has 1 aliphatic carbocycles. The molecule has 1 amide bonds. The Hall–Kier alpha value is -2.80. The molecule has 2 aromatic carbocycles. The molecule has 0 radical (unpaired) electrons. The highest BCUT2D eigenvalue weighted by atomic mass is 16.5. The molecule has 4 nitrogen and oxygen atoms in total. The molecule has 0 spiro atoms. The molecule has 0 saturated heterocycles. The van der Waals surface area contributed by atoms with Crippen LogP contribution in [0.3, 0.4) is 0 Å². The van der Waals surface area contributed by atoms with Crippen molar-refractivity contribution in [2.45, 2.75) is 18.9 Å². The fraction of sp³-hybridized carbons (Fsp3) is 0.222. The zero-order valence-corrected chi connectivity index (χ0v) is 12.1. The van der Waals surface area contributed by atoms with Crippen molar-refractivity contribution in [3.8, 4) is 11.8 Å². The quantitative estimate of drug-likeness (QED) is 0.942. The van der Waals surface area contributed by atoms with Crippen molar-refractivity contribution >= 4 is 5.91 Å². The van der Waals surface area contributed by atoms with Crippen LogP contribution in [-0.2, 0) is 11.2 Å². The van der Waals surface area contributed by atoms with E-state index in [2.05, 4.69) is 17.4 Å².